The molecule has 5 aromatic rings. The number of rotatable bonds is 4. The van der Waals surface area contributed by atoms with E-state index < -0.39 is 0 Å². The number of nitrogens with zero attached hydrogens (tertiary/aromatic N) is 5. The number of ether oxygens (including phenoxy) is 1. The molecular weight excluding hydrogens is 438 g/mol. The number of fused-ring (bicyclic) bond motifs is 2. The van der Waals surface area contributed by atoms with Crippen molar-refractivity contribution in [2.45, 2.75) is 20.8 Å². The molecule has 0 aliphatic rings. The van der Waals surface area contributed by atoms with Crippen LogP contribution >= 0.6 is 0 Å². The molecule has 0 spiro atoms. The molecule has 0 atom stereocenters. The SMILES string of the molecule is Cc1ccc(Oc2nc3c(C)cccn3c(=O)c2C=C(C#N)c2nc3ccccc3n2C)c(C)c1. The summed E-state index contributed by atoms with van der Waals surface area (Å²) in [6.07, 6.45) is 3.18. The van der Waals surface area contributed by atoms with Crippen LogP contribution in [0.1, 0.15) is 28.1 Å². The molecule has 0 saturated heterocycles. The lowest BCUT2D eigenvalue weighted by Gasteiger charge is -2.13. The Labute approximate surface area is 202 Å². The Balaban J connectivity index is 1.76. The monoisotopic (exact) mass is 461 g/mol. The molecule has 7 nitrogen and oxygen atoms in total. The number of aromatic nitrogens is 4. The van der Waals surface area contributed by atoms with Crippen molar-refractivity contribution in [1.29, 1.82) is 5.26 Å². The number of pyridine rings is 1. The molecule has 0 aliphatic carbocycles. The van der Waals surface area contributed by atoms with Gasteiger partial charge in [0.1, 0.15) is 23.0 Å². The van der Waals surface area contributed by atoms with Gasteiger partial charge >= 0.3 is 0 Å². The lowest BCUT2D eigenvalue weighted by molar-refractivity contribution is 0.457. The minimum Gasteiger partial charge on any atom is -0.438 e. The Morgan fingerprint density at radius 1 is 1.03 bits per heavy atom. The second-order valence-electron chi connectivity index (χ2n) is 8.54. The summed E-state index contributed by atoms with van der Waals surface area (Å²) in [6, 6.07) is 19.3. The van der Waals surface area contributed by atoms with E-state index in [0.717, 1.165) is 27.7 Å². The van der Waals surface area contributed by atoms with Crippen molar-refractivity contribution in [2.24, 2.45) is 7.05 Å². The summed E-state index contributed by atoms with van der Waals surface area (Å²) in [7, 11) is 1.85. The topological polar surface area (TPSA) is 85.2 Å². The molecule has 35 heavy (non-hydrogen) atoms. The Kier molecular flexibility index (Phi) is 5.42. The highest BCUT2D eigenvalue weighted by atomic mass is 16.5. The molecule has 172 valence electrons. The number of aryl methyl sites for hydroxylation is 4. The van der Waals surface area contributed by atoms with Gasteiger partial charge in [-0.05, 0) is 62.2 Å². The maximum Gasteiger partial charge on any atom is 0.269 e. The van der Waals surface area contributed by atoms with Gasteiger partial charge in [-0.15, -0.1) is 0 Å². The van der Waals surface area contributed by atoms with E-state index in [-0.39, 0.29) is 22.6 Å². The summed E-state index contributed by atoms with van der Waals surface area (Å²) in [6.45, 7) is 5.83. The van der Waals surface area contributed by atoms with Gasteiger partial charge in [-0.2, -0.15) is 10.2 Å². The van der Waals surface area contributed by atoms with Gasteiger partial charge in [0.2, 0.25) is 5.88 Å². The van der Waals surface area contributed by atoms with Gasteiger partial charge < -0.3 is 9.30 Å². The molecule has 7 heteroatoms. The van der Waals surface area contributed by atoms with Gasteiger partial charge in [-0.3, -0.25) is 9.20 Å². The van der Waals surface area contributed by atoms with Crippen molar-refractivity contribution in [2.75, 3.05) is 0 Å². The van der Waals surface area contributed by atoms with Crippen LogP contribution in [0.15, 0.2) is 65.6 Å². The van der Waals surface area contributed by atoms with Crippen LogP contribution in [0.5, 0.6) is 11.6 Å². The molecule has 0 bridgehead atoms. The third-order valence-electron chi connectivity index (χ3n) is 6.02. The quantitative estimate of drug-likeness (QED) is 0.336. The van der Waals surface area contributed by atoms with Crippen molar-refractivity contribution >= 4 is 28.3 Å². The summed E-state index contributed by atoms with van der Waals surface area (Å²) in [5.41, 5.74) is 5.09. The second-order valence-corrected chi connectivity index (χ2v) is 8.54. The average Bonchev–Trinajstić information content (AvgIpc) is 3.18. The van der Waals surface area contributed by atoms with Crippen molar-refractivity contribution in [3.05, 3.63) is 99.2 Å². The van der Waals surface area contributed by atoms with E-state index in [2.05, 4.69) is 11.1 Å². The van der Waals surface area contributed by atoms with Crippen LogP contribution < -0.4 is 10.3 Å². The van der Waals surface area contributed by atoms with Crippen molar-refractivity contribution in [3.8, 4) is 17.7 Å². The van der Waals surface area contributed by atoms with Crippen LogP contribution in [0.4, 0.5) is 0 Å². The number of nitriles is 1. The first-order valence-corrected chi connectivity index (χ1v) is 11.2. The fraction of sp³-hybridized carbons (Fsp3) is 0.143. The van der Waals surface area contributed by atoms with Crippen LogP contribution in [-0.4, -0.2) is 18.9 Å². The Morgan fingerprint density at radius 2 is 1.83 bits per heavy atom. The van der Waals surface area contributed by atoms with Gasteiger partial charge in [0, 0.05) is 13.2 Å². The van der Waals surface area contributed by atoms with Crippen molar-refractivity contribution < 1.29 is 4.74 Å². The first kappa shape index (κ1) is 22.1. The van der Waals surface area contributed by atoms with Crippen LogP contribution in [0.2, 0.25) is 0 Å². The number of benzene rings is 2. The largest absolute Gasteiger partial charge is 0.438 e. The molecule has 0 radical (unpaired) electrons. The maximum absolute atomic E-state index is 13.6. The first-order chi connectivity index (χ1) is 16.9. The normalized spacial score (nSPS) is 11.7. The van der Waals surface area contributed by atoms with E-state index in [1.807, 2.05) is 80.9 Å². The third-order valence-corrected chi connectivity index (χ3v) is 6.02. The number of imidazole rings is 1. The predicted molar refractivity (Wildman–Crippen MR) is 136 cm³/mol. The van der Waals surface area contributed by atoms with Gasteiger partial charge in [0.05, 0.1) is 16.6 Å². The molecule has 3 aromatic heterocycles. The molecule has 0 fully saturated rings. The van der Waals surface area contributed by atoms with E-state index in [9.17, 15) is 10.1 Å². The van der Waals surface area contributed by atoms with Crippen LogP contribution in [0.3, 0.4) is 0 Å². The maximum atomic E-state index is 13.6. The van der Waals surface area contributed by atoms with Gasteiger partial charge in [0.15, 0.2) is 5.82 Å². The number of allylic oxidation sites excluding steroid dienone is 1. The zero-order valence-electron chi connectivity index (χ0n) is 19.9. The fourth-order valence-electron chi connectivity index (χ4n) is 4.19. The van der Waals surface area contributed by atoms with Crippen LogP contribution in [-0.2, 0) is 7.05 Å². The highest BCUT2D eigenvalue weighted by Crippen LogP contribution is 2.29. The standard InChI is InChI=1S/C28H23N5O2/c1-17-11-12-24(19(3)14-17)35-27-21(28(34)33-13-7-8-18(2)25(33)31-27)15-20(16-29)26-30-22-9-5-6-10-23(22)32(26)4/h5-15H,1-4H3. The Hall–Kier alpha value is -4.70. The number of hydrogen-bond acceptors (Lipinski definition) is 5. The minimum absolute atomic E-state index is 0.141. The highest BCUT2D eigenvalue weighted by molar-refractivity contribution is 5.91. The average molecular weight is 462 g/mol. The minimum atomic E-state index is -0.329. The summed E-state index contributed by atoms with van der Waals surface area (Å²) in [5.74, 6) is 1.19. The summed E-state index contributed by atoms with van der Waals surface area (Å²) < 4.78 is 9.51. The van der Waals surface area contributed by atoms with E-state index >= 15 is 0 Å². The molecule has 0 amide bonds. The first-order valence-electron chi connectivity index (χ1n) is 11.2. The Bertz CT molecular complexity index is 1750. The fourth-order valence-corrected chi connectivity index (χ4v) is 4.19. The number of hydrogen-bond donors (Lipinski definition) is 0. The smallest absolute Gasteiger partial charge is 0.269 e. The van der Waals surface area contributed by atoms with Gasteiger partial charge in [-0.25, -0.2) is 4.98 Å². The summed E-state index contributed by atoms with van der Waals surface area (Å²) in [5, 5.41) is 10.1. The summed E-state index contributed by atoms with van der Waals surface area (Å²) >= 11 is 0. The van der Waals surface area contributed by atoms with E-state index in [4.69, 9.17) is 9.72 Å². The highest BCUT2D eigenvalue weighted by Gasteiger charge is 2.19. The van der Waals surface area contributed by atoms with Crippen LogP contribution in [0, 0.1) is 32.1 Å². The third kappa shape index (κ3) is 3.85. The molecule has 0 unspecified atom stereocenters. The molecule has 0 saturated carbocycles. The zero-order chi connectivity index (χ0) is 24.7. The number of para-hydroxylation sites is 2. The molecule has 0 N–H and O–H groups in total. The van der Waals surface area contributed by atoms with E-state index in [1.165, 1.54) is 10.5 Å². The molecule has 0 aliphatic heterocycles. The van der Waals surface area contributed by atoms with Crippen LogP contribution in [0.25, 0.3) is 28.3 Å². The van der Waals surface area contributed by atoms with Crippen molar-refractivity contribution in [1.82, 2.24) is 18.9 Å². The zero-order valence-corrected chi connectivity index (χ0v) is 19.9. The molecule has 3 heterocycles. The molecule has 5 rings (SSSR count). The lowest BCUT2D eigenvalue weighted by atomic mass is 10.1. The predicted octanol–water partition coefficient (Wildman–Crippen LogP) is 5.36. The van der Waals surface area contributed by atoms with E-state index in [0.29, 0.717) is 17.2 Å². The van der Waals surface area contributed by atoms with Gasteiger partial charge in [-0.1, -0.05) is 35.9 Å². The second kappa shape index (κ2) is 8.58. The Morgan fingerprint density at radius 3 is 2.57 bits per heavy atom. The molecule has 2 aromatic carbocycles. The van der Waals surface area contributed by atoms with Gasteiger partial charge in [0.25, 0.3) is 5.56 Å². The lowest BCUT2D eigenvalue weighted by Crippen LogP contribution is -2.19. The van der Waals surface area contributed by atoms with E-state index in [1.54, 1.807) is 12.3 Å². The molecular formula is C28H23N5O2. The summed E-state index contributed by atoms with van der Waals surface area (Å²) in [4.78, 5) is 23.0. The van der Waals surface area contributed by atoms with Crippen molar-refractivity contribution in [3.63, 3.8) is 0 Å².